The standard InChI is InChI=1S/C14H18N4O2S/c1-9(19)12-7-10-8-17(4-2-5-18(10)16-12)14(20)13-11(15)3-6-21-13/h3,6-7,9,19H,2,4-5,8,15H2,1H3. The minimum atomic E-state index is -0.596. The monoisotopic (exact) mass is 306 g/mol. The van der Waals surface area contributed by atoms with Gasteiger partial charge in [-0.2, -0.15) is 5.10 Å². The van der Waals surface area contributed by atoms with E-state index in [0.29, 0.717) is 29.3 Å². The van der Waals surface area contributed by atoms with Crippen molar-refractivity contribution in [2.45, 2.75) is 32.5 Å². The number of anilines is 1. The number of aliphatic hydroxyl groups excluding tert-OH is 1. The molecule has 1 amide bonds. The van der Waals surface area contributed by atoms with Crippen LogP contribution < -0.4 is 5.73 Å². The molecule has 7 heteroatoms. The molecule has 0 aliphatic carbocycles. The van der Waals surface area contributed by atoms with Crippen molar-refractivity contribution in [2.24, 2.45) is 0 Å². The van der Waals surface area contributed by atoms with E-state index in [1.54, 1.807) is 17.9 Å². The van der Waals surface area contributed by atoms with Gasteiger partial charge in [0.2, 0.25) is 0 Å². The fourth-order valence-corrected chi connectivity index (χ4v) is 3.28. The van der Waals surface area contributed by atoms with Crippen LogP contribution in [-0.4, -0.2) is 32.2 Å². The molecule has 1 aliphatic rings. The molecule has 21 heavy (non-hydrogen) atoms. The number of carbonyl (C=O) groups excluding carboxylic acids is 1. The van der Waals surface area contributed by atoms with E-state index in [0.717, 1.165) is 18.7 Å². The van der Waals surface area contributed by atoms with Gasteiger partial charge in [-0.3, -0.25) is 9.48 Å². The van der Waals surface area contributed by atoms with E-state index in [-0.39, 0.29) is 5.91 Å². The quantitative estimate of drug-likeness (QED) is 0.883. The normalized spacial score (nSPS) is 16.4. The van der Waals surface area contributed by atoms with Gasteiger partial charge < -0.3 is 15.7 Å². The summed E-state index contributed by atoms with van der Waals surface area (Å²) in [4.78, 5) is 15.0. The van der Waals surface area contributed by atoms with Crippen LogP contribution in [0.4, 0.5) is 5.69 Å². The van der Waals surface area contributed by atoms with E-state index >= 15 is 0 Å². The largest absolute Gasteiger partial charge is 0.397 e. The van der Waals surface area contributed by atoms with Crippen molar-refractivity contribution in [1.29, 1.82) is 0 Å². The summed E-state index contributed by atoms with van der Waals surface area (Å²) >= 11 is 1.37. The first kappa shape index (κ1) is 14.1. The molecule has 0 bridgehead atoms. The van der Waals surface area contributed by atoms with Gasteiger partial charge in [0.1, 0.15) is 4.88 Å². The van der Waals surface area contributed by atoms with Gasteiger partial charge in [-0.25, -0.2) is 0 Å². The van der Waals surface area contributed by atoms with Gasteiger partial charge in [-0.15, -0.1) is 11.3 Å². The van der Waals surface area contributed by atoms with Crippen LogP contribution in [-0.2, 0) is 13.1 Å². The lowest BCUT2D eigenvalue weighted by Crippen LogP contribution is -2.30. The smallest absolute Gasteiger partial charge is 0.266 e. The second-order valence-corrected chi connectivity index (χ2v) is 6.16. The molecule has 0 spiro atoms. The Bertz CT molecular complexity index is 662. The molecule has 3 rings (SSSR count). The molecule has 6 nitrogen and oxygen atoms in total. The Morgan fingerprint density at radius 1 is 1.52 bits per heavy atom. The average molecular weight is 306 g/mol. The van der Waals surface area contributed by atoms with Crippen molar-refractivity contribution < 1.29 is 9.90 Å². The molecule has 1 unspecified atom stereocenters. The Kier molecular flexibility index (Phi) is 3.69. The maximum atomic E-state index is 12.6. The molecule has 3 heterocycles. The Morgan fingerprint density at radius 2 is 2.33 bits per heavy atom. The number of hydrogen-bond acceptors (Lipinski definition) is 5. The summed E-state index contributed by atoms with van der Waals surface area (Å²) in [5.41, 5.74) is 7.97. The summed E-state index contributed by atoms with van der Waals surface area (Å²) in [5, 5.41) is 15.9. The lowest BCUT2D eigenvalue weighted by Gasteiger charge is -2.19. The first-order valence-electron chi connectivity index (χ1n) is 6.93. The van der Waals surface area contributed by atoms with Crippen LogP contribution in [0.2, 0.25) is 0 Å². The predicted octanol–water partition coefficient (Wildman–Crippen LogP) is 1.63. The highest BCUT2D eigenvalue weighted by molar-refractivity contribution is 7.12. The number of aliphatic hydroxyl groups is 1. The number of aryl methyl sites for hydroxylation is 1. The van der Waals surface area contributed by atoms with E-state index in [1.165, 1.54) is 11.3 Å². The van der Waals surface area contributed by atoms with Gasteiger partial charge in [-0.05, 0) is 30.9 Å². The number of nitrogens with two attached hydrogens (primary N) is 1. The van der Waals surface area contributed by atoms with Crippen LogP contribution in [0.5, 0.6) is 0 Å². The van der Waals surface area contributed by atoms with Crippen LogP contribution in [0.1, 0.15) is 40.5 Å². The summed E-state index contributed by atoms with van der Waals surface area (Å²) in [6.07, 6.45) is 0.242. The zero-order chi connectivity index (χ0) is 15.0. The van der Waals surface area contributed by atoms with Crippen molar-refractivity contribution in [3.05, 3.63) is 33.8 Å². The van der Waals surface area contributed by atoms with Crippen molar-refractivity contribution in [1.82, 2.24) is 14.7 Å². The number of aromatic nitrogens is 2. The minimum Gasteiger partial charge on any atom is -0.397 e. The lowest BCUT2D eigenvalue weighted by molar-refractivity contribution is 0.0751. The number of carbonyl (C=O) groups is 1. The zero-order valence-corrected chi connectivity index (χ0v) is 12.6. The van der Waals surface area contributed by atoms with Crippen LogP contribution >= 0.6 is 11.3 Å². The van der Waals surface area contributed by atoms with Gasteiger partial charge in [0.25, 0.3) is 5.91 Å². The number of nitrogen functional groups attached to an aromatic ring is 1. The third-order valence-corrected chi connectivity index (χ3v) is 4.56. The molecular weight excluding hydrogens is 288 g/mol. The molecule has 112 valence electrons. The van der Waals surface area contributed by atoms with Crippen LogP contribution in [0.25, 0.3) is 0 Å². The average Bonchev–Trinajstić information content (AvgIpc) is 2.99. The molecule has 3 N–H and O–H groups in total. The van der Waals surface area contributed by atoms with E-state index in [1.807, 2.05) is 16.1 Å². The molecule has 0 fully saturated rings. The number of rotatable bonds is 2. The summed E-state index contributed by atoms with van der Waals surface area (Å²) in [7, 11) is 0. The maximum Gasteiger partial charge on any atom is 0.266 e. The third-order valence-electron chi connectivity index (χ3n) is 3.64. The third kappa shape index (κ3) is 2.66. The Hall–Kier alpha value is -1.86. The number of hydrogen-bond donors (Lipinski definition) is 2. The van der Waals surface area contributed by atoms with Gasteiger partial charge in [-0.1, -0.05) is 0 Å². The Balaban J connectivity index is 1.85. The molecule has 1 aliphatic heterocycles. The van der Waals surface area contributed by atoms with E-state index in [9.17, 15) is 9.90 Å². The first-order valence-corrected chi connectivity index (χ1v) is 7.81. The van der Waals surface area contributed by atoms with Crippen molar-refractivity contribution >= 4 is 22.9 Å². The molecule has 0 saturated carbocycles. The van der Waals surface area contributed by atoms with Crippen LogP contribution in [0.15, 0.2) is 17.5 Å². The minimum absolute atomic E-state index is 0.0317. The van der Waals surface area contributed by atoms with Crippen molar-refractivity contribution in [3.63, 3.8) is 0 Å². The fraction of sp³-hybridized carbons (Fsp3) is 0.429. The second kappa shape index (κ2) is 5.50. The second-order valence-electron chi connectivity index (χ2n) is 5.24. The highest BCUT2D eigenvalue weighted by Crippen LogP contribution is 2.24. The molecule has 2 aromatic rings. The molecule has 2 aromatic heterocycles. The highest BCUT2D eigenvalue weighted by Gasteiger charge is 2.24. The maximum absolute atomic E-state index is 12.6. The van der Waals surface area contributed by atoms with Crippen molar-refractivity contribution in [2.75, 3.05) is 12.3 Å². The van der Waals surface area contributed by atoms with Crippen molar-refractivity contribution in [3.8, 4) is 0 Å². The molecular formula is C14H18N4O2S. The lowest BCUT2D eigenvalue weighted by atomic mass is 10.2. The van der Waals surface area contributed by atoms with E-state index in [2.05, 4.69) is 5.10 Å². The van der Waals surface area contributed by atoms with Gasteiger partial charge in [0.05, 0.1) is 29.7 Å². The molecule has 0 saturated heterocycles. The predicted molar refractivity (Wildman–Crippen MR) is 80.9 cm³/mol. The Morgan fingerprint density at radius 3 is 3.00 bits per heavy atom. The Labute approximate surface area is 126 Å². The van der Waals surface area contributed by atoms with E-state index in [4.69, 9.17) is 5.73 Å². The topological polar surface area (TPSA) is 84.4 Å². The highest BCUT2D eigenvalue weighted by atomic mass is 32.1. The summed E-state index contributed by atoms with van der Waals surface area (Å²) in [6, 6.07) is 3.62. The number of nitrogens with zero attached hydrogens (tertiary/aromatic N) is 3. The summed E-state index contributed by atoms with van der Waals surface area (Å²) in [5.74, 6) is -0.0317. The van der Waals surface area contributed by atoms with Gasteiger partial charge in [0, 0.05) is 13.1 Å². The summed E-state index contributed by atoms with van der Waals surface area (Å²) in [6.45, 7) is 3.63. The van der Waals surface area contributed by atoms with Gasteiger partial charge in [0.15, 0.2) is 0 Å². The molecule has 0 aromatic carbocycles. The fourth-order valence-electron chi connectivity index (χ4n) is 2.50. The number of fused-ring (bicyclic) bond motifs is 1. The SMILES string of the molecule is CC(O)c1cc2n(n1)CCCN(C(=O)c1sccc1N)C2. The summed E-state index contributed by atoms with van der Waals surface area (Å²) < 4.78 is 1.88. The molecule has 1 atom stereocenters. The number of thiophene rings is 1. The number of amides is 1. The van der Waals surface area contributed by atoms with Crippen LogP contribution in [0.3, 0.4) is 0 Å². The van der Waals surface area contributed by atoms with E-state index < -0.39 is 6.10 Å². The molecule has 0 radical (unpaired) electrons. The van der Waals surface area contributed by atoms with Crippen LogP contribution in [0, 0.1) is 0 Å². The van der Waals surface area contributed by atoms with Gasteiger partial charge >= 0.3 is 0 Å². The first-order chi connectivity index (χ1) is 10.1. The zero-order valence-electron chi connectivity index (χ0n) is 11.8.